The maximum Gasteiger partial charge on any atom is 0.191 e. The summed E-state index contributed by atoms with van der Waals surface area (Å²) in [6, 6.07) is 7.98. The Morgan fingerprint density at radius 3 is 2.57 bits per heavy atom. The number of halogens is 1. The van der Waals surface area contributed by atoms with Crippen molar-refractivity contribution >= 4 is 29.9 Å². The van der Waals surface area contributed by atoms with Crippen molar-refractivity contribution in [2.24, 2.45) is 10.9 Å². The van der Waals surface area contributed by atoms with Crippen molar-refractivity contribution in [2.45, 2.75) is 26.3 Å². The Labute approximate surface area is 156 Å². The van der Waals surface area contributed by atoms with Crippen LogP contribution >= 0.6 is 24.0 Å². The molecule has 1 aromatic rings. The monoisotopic (exact) mass is 433 g/mol. The Morgan fingerprint density at radius 2 is 1.96 bits per heavy atom. The van der Waals surface area contributed by atoms with Gasteiger partial charge in [0.25, 0.3) is 0 Å². The van der Waals surface area contributed by atoms with Crippen LogP contribution in [0.4, 0.5) is 0 Å². The summed E-state index contributed by atoms with van der Waals surface area (Å²) in [5, 5.41) is 6.54. The van der Waals surface area contributed by atoms with Crippen LogP contribution in [0.1, 0.15) is 25.3 Å². The van der Waals surface area contributed by atoms with Gasteiger partial charge in [0.2, 0.25) is 0 Å². The fraction of sp³-hybridized carbons (Fsp3) is 0.588. The minimum absolute atomic E-state index is 0. The number of ether oxygens (including phenoxy) is 2. The first-order valence-electron chi connectivity index (χ1n) is 8.04. The van der Waals surface area contributed by atoms with Crippen molar-refractivity contribution in [1.82, 2.24) is 10.6 Å². The highest BCUT2D eigenvalue weighted by atomic mass is 127. The van der Waals surface area contributed by atoms with E-state index in [2.05, 4.69) is 22.5 Å². The van der Waals surface area contributed by atoms with Gasteiger partial charge in [-0.2, -0.15) is 0 Å². The second-order valence-electron chi connectivity index (χ2n) is 5.49. The number of benzene rings is 1. The molecular formula is C17H28IN3O2. The van der Waals surface area contributed by atoms with Crippen molar-refractivity contribution in [1.29, 1.82) is 0 Å². The van der Waals surface area contributed by atoms with E-state index in [0.717, 1.165) is 49.5 Å². The van der Waals surface area contributed by atoms with E-state index in [9.17, 15) is 0 Å². The Morgan fingerprint density at radius 1 is 1.22 bits per heavy atom. The first kappa shape index (κ1) is 20.0. The maximum absolute atomic E-state index is 5.62. The molecule has 0 atom stereocenters. The van der Waals surface area contributed by atoms with Crippen LogP contribution in [0, 0.1) is 5.92 Å². The highest BCUT2D eigenvalue weighted by Crippen LogP contribution is 2.28. The third-order valence-electron chi connectivity index (χ3n) is 3.51. The molecule has 23 heavy (non-hydrogen) atoms. The first-order valence-corrected chi connectivity index (χ1v) is 8.04. The molecule has 1 aliphatic rings. The van der Waals surface area contributed by atoms with E-state index in [-0.39, 0.29) is 24.0 Å². The molecule has 0 saturated heterocycles. The number of guanidine groups is 1. The van der Waals surface area contributed by atoms with Gasteiger partial charge in [-0.25, -0.2) is 4.99 Å². The van der Waals surface area contributed by atoms with Gasteiger partial charge in [-0.05, 0) is 43.4 Å². The molecule has 1 aromatic carbocycles. The SMILES string of the molecule is CCNC(=NCc1ccc(OC)cc1)NCCOCC1CC1.I. The van der Waals surface area contributed by atoms with Gasteiger partial charge in [0.15, 0.2) is 5.96 Å². The number of rotatable bonds is 9. The lowest BCUT2D eigenvalue weighted by molar-refractivity contribution is 0.129. The molecule has 0 amide bonds. The molecule has 0 spiro atoms. The molecular weight excluding hydrogens is 405 g/mol. The van der Waals surface area contributed by atoms with Crippen LogP contribution in [0.15, 0.2) is 29.3 Å². The lowest BCUT2D eigenvalue weighted by Crippen LogP contribution is -2.39. The van der Waals surface area contributed by atoms with Gasteiger partial charge in [0, 0.05) is 19.7 Å². The third kappa shape index (κ3) is 8.41. The molecule has 1 fully saturated rings. The number of nitrogens with one attached hydrogen (secondary N) is 2. The van der Waals surface area contributed by atoms with Gasteiger partial charge in [0.05, 0.1) is 20.3 Å². The van der Waals surface area contributed by atoms with E-state index in [0.29, 0.717) is 6.54 Å². The summed E-state index contributed by atoms with van der Waals surface area (Å²) in [5.74, 6) is 2.51. The second kappa shape index (κ2) is 11.5. The zero-order valence-corrected chi connectivity index (χ0v) is 16.3. The van der Waals surface area contributed by atoms with Crippen molar-refractivity contribution in [2.75, 3.05) is 33.4 Å². The average Bonchev–Trinajstić information content (AvgIpc) is 3.37. The van der Waals surface area contributed by atoms with Gasteiger partial charge in [-0.15, -0.1) is 24.0 Å². The Hall–Kier alpha value is -1.02. The van der Waals surface area contributed by atoms with Crippen LogP contribution in [-0.2, 0) is 11.3 Å². The van der Waals surface area contributed by atoms with Crippen molar-refractivity contribution in [3.63, 3.8) is 0 Å². The van der Waals surface area contributed by atoms with Gasteiger partial charge in [-0.3, -0.25) is 0 Å². The fourth-order valence-corrected chi connectivity index (χ4v) is 2.02. The van der Waals surface area contributed by atoms with E-state index < -0.39 is 0 Å². The quantitative estimate of drug-likeness (QED) is 0.272. The molecule has 6 heteroatoms. The van der Waals surface area contributed by atoms with E-state index in [4.69, 9.17) is 9.47 Å². The largest absolute Gasteiger partial charge is 0.497 e. The topological polar surface area (TPSA) is 54.9 Å². The average molecular weight is 433 g/mol. The third-order valence-corrected chi connectivity index (χ3v) is 3.51. The van der Waals surface area contributed by atoms with Gasteiger partial charge in [0.1, 0.15) is 5.75 Å². The maximum atomic E-state index is 5.62. The number of hydrogen-bond donors (Lipinski definition) is 2. The standard InChI is InChI=1S/C17H27N3O2.HI/c1-3-18-17(19-10-11-22-13-15-4-5-15)20-12-14-6-8-16(21-2)9-7-14;/h6-9,15H,3-5,10-13H2,1-2H3,(H2,18,19,20);1H. The van der Waals surface area contributed by atoms with Gasteiger partial charge in [-0.1, -0.05) is 12.1 Å². The molecule has 0 aliphatic heterocycles. The summed E-state index contributed by atoms with van der Waals surface area (Å²) in [5.41, 5.74) is 1.16. The molecule has 0 heterocycles. The van der Waals surface area contributed by atoms with Crippen LogP contribution in [0.3, 0.4) is 0 Å². The summed E-state index contributed by atoms with van der Waals surface area (Å²) < 4.78 is 10.8. The lowest BCUT2D eigenvalue weighted by atomic mass is 10.2. The molecule has 0 bridgehead atoms. The smallest absolute Gasteiger partial charge is 0.191 e. The summed E-state index contributed by atoms with van der Waals surface area (Å²) in [4.78, 5) is 4.58. The molecule has 0 aromatic heterocycles. The fourth-order valence-electron chi connectivity index (χ4n) is 2.02. The zero-order chi connectivity index (χ0) is 15.6. The number of methoxy groups -OCH3 is 1. The van der Waals surface area contributed by atoms with Crippen LogP contribution in [0.25, 0.3) is 0 Å². The highest BCUT2D eigenvalue weighted by Gasteiger charge is 2.20. The molecule has 2 rings (SSSR count). The van der Waals surface area contributed by atoms with E-state index in [1.54, 1.807) is 7.11 Å². The zero-order valence-electron chi connectivity index (χ0n) is 14.0. The van der Waals surface area contributed by atoms with Crippen molar-refractivity contribution in [3.8, 4) is 5.75 Å². The summed E-state index contributed by atoms with van der Waals surface area (Å²) in [6.45, 7) is 5.96. The van der Waals surface area contributed by atoms with Gasteiger partial charge >= 0.3 is 0 Å². The Balaban J connectivity index is 0.00000264. The number of aliphatic imine (C=N–C) groups is 1. The molecule has 1 saturated carbocycles. The lowest BCUT2D eigenvalue weighted by Gasteiger charge is -2.11. The molecule has 0 radical (unpaired) electrons. The molecule has 130 valence electrons. The van der Waals surface area contributed by atoms with E-state index in [1.807, 2.05) is 24.3 Å². The van der Waals surface area contributed by atoms with Crippen molar-refractivity contribution in [3.05, 3.63) is 29.8 Å². The minimum Gasteiger partial charge on any atom is -0.497 e. The van der Waals surface area contributed by atoms with Gasteiger partial charge < -0.3 is 20.1 Å². The molecule has 5 nitrogen and oxygen atoms in total. The van der Waals surface area contributed by atoms with Crippen LogP contribution in [0.5, 0.6) is 5.75 Å². The van der Waals surface area contributed by atoms with Crippen LogP contribution in [-0.4, -0.2) is 39.4 Å². The predicted molar refractivity (Wildman–Crippen MR) is 105 cm³/mol. The summed E-state index contributed by atoms with van der Waals surface area (Å²) >= 11 is 0. The Bertz CT molecular complexity index is 461. The minimum atomic E-state index is 0. The second-order valence-corrected chi connectivity index (χ2v) is 5.49. The molecule has 1 aliphatic carbocycles. The summed E-state index contributed by atoms with van der Waals surface area (Å²) in [6.07, 6.45) is 2.67. The molecule has 2 N–H and O–H groups in total. The van der Waals surface area contributed by atoms with E-state index >= 15 is 0 Å². The van der Waals surface area contributed by atoms with Crippen LogP contribution in [0.2, 0.25) is 0 Å². The number of hydrogen-bond acceptors (Lipinski definition) is 3. The highest BCUT2D eigenvalue weighted by molar-refractivity contribution is 14.0. The summed E-state index contributed by atoms with van der Waals surface area (Å²) in [7, 11) is 1.67. The number of nitrogens with zero attached hydrogens (tertiary/aromatic N) is 1. The first-order chi connectivity index (χ1) is 10.8. The molecule has 0 unspecified atom stereocenters. The van der Waals surface area contributed by atoms with Crippen LogP contribution < -0.4 is 15.4 Å². The van der Waals surface area contributed by atoms with E-state index in [1.165, 1.54) is 12.8 Å². The predicted octanol–water partition coefficient (Wildman–Crippen LogP) is 2.79. The van der Waals surface area contributed by atoms with Crippen molar-refractivity contribution < 1.29 is 9.47 Å². The normalized spacial score (nSPS) is 14.1. The Kier molecular flexibility index (Phi) is 10.0.